The smallest absolute Gasteiger partial charge is 0.191 e. The summed E-state index contributed by atoms with van der Waals surface area (Å²) in [6.45, 7) is 3.87. The molecule has 2 heterocycles. The molecule has 4 aromatic rings. The number of benzene rings is 2. The van der Waals surface area contributed by atoms with Gasteiger partial charge in [0, 0.05) is 35.9 Å². The summed E-state index contributed by atoms with van der Waals surface area (Å²) in [5.74, 6) is 1.24. The summed E-state index contributed by atoms with van der Waals surface area (Å²) in [6, 6.07) is 14.8. The second kappa shape index (κ2) is 10.9. The number of aromatic nitrogens is 4. The van der Waals surface area contributed by atoms with E-state index in [1.807, 2.05) is 54.1 Å². The Morgan fingerprint density at radius 3 is 2.81 bits per heavy atom. The number of hydrogen-bond donors (Lipinski definition) is 3. The van der Waals surface area contributed by atoms with Crippen LogP contribution >= 0.6 is 24.0 Å². The summed E-state index contributed by atoms with van der Waals surface area (Å²) in [6.07, 6.45) is 4.41. The lowest BCUT2D eigenvalue weighted by molar-refractivity contribution is 0.629. The zero-order chi connectivity index (χ0) is 20.8. The van der Waals surface area contributed by atoms with Crippen LogP contribution in [0.1, 0.15) is 18.3 Å². The summed E-state index contributed by atoms with van der Waals surface area (Å²) >= 11 is 0. The number of guanidine groups is 1. The molecule has 0 unspecified atom stereocenters. The fourth-order valence-corrected chi connectivity index (χ4v) is 3.34. The fourth-order valence-electron chi connectivity index (χ4n) is 3.34. The molecular weight excluding hydrogens is 508 g/mol. The quantitative estimate of drug-likeness (QED) is 0.192. The highest BCUT2D eigenvalue weighted by Crippen LogP contribution is 2.19. The summed E-state index contributed by atoms with van der Waals surface area (Å²) in [7, 11) is 0. The number of aliphatic imine (C=N–C) groups is 1. The molecule has 0 saturated heterocycles. The molecule has 0 radical (unpaired) electrons. The molecule has 2 aromatic carbocycles. The Morgan fingerprint density at radius 2 is 2.00 bits per heavy atom. The van der Waals surface area contributed by atoms with E-state index in [2.05, 4.69) is 30.8 Å². The van der Waals surface area contributed by atoms with Crippen LogP contribution < -0.4 is 10.6 Å². The van der Waals surface area contributed by atoms with E-state index in [0.29, 0.717) is 19.0 Å². The van der Waals surface area contributed by atoms with Gasteiger partial charge in [0.2, 0.25) is 0 Å². The number of halogens is 2. The molecule has 0 fully saturated rings. The summed E-state index contributed by atoms with van der Waals surface area (Å²) < 4.78 is 15.3. The molecule has 9 heteroatoms. The van der Waals surface area contributed by atoms with E-state index in [4.69, 9.17) is 0 Å². The Balaban J connectivity index is 0.00000272. The number of hydrogen-bond acceptors (Lipinski definition) is 3. The first kappa shape index (κ1) is 22.7. The molecule has 0 aliphatic carbocycles. The highest BCUT2D eigenvalue weighted by Gasteiger charge is 2.08. The first-order valence-electron chi connectivity index (χ1n) is 9.96. The molecule has 4 rings (SSSR count). The molecule has 0 aliphatic rings. The molecule has 31 heavy (non-hydrogen) atoms. The summed E-state index contributed by atoms with van der Waals surface area (Å²) in [5.41, 5.74) is 2.95. The summed E-state index contributed by atoms with van der Waals surface area (Å²) in [5, 5.41) is 15.9. The minimum absolute atomic E-state index is 0. The maximum Gasteiger partial charge on any atom is 0.191 e. The van der Waals surface area contributed by atoms with E-state index in [-0.39, 0.29) is 29.8 Å². The van der Waals surface area contributed by atoms with Crippen molar-refractivity contribution >= 4 is 40.8 Å². The predicted octanol–water partition coefficient (Wildman–Crippen LogP) is 3.80. The Labute approximate surface area is 197 Å². The van der Waals surface area contributed by atoms with Gasteiger partial charge in [0.05, 0.1) is 0 Å². The lowest BCUT2D eigenvalue weighted by Gasteiger charge is -2.11. The van der Waals surface area contributed by atoms with Crippen LogP contribution in [0.3, 0.4) is 0 Å². The Kier molecular flexibility index (Phi) is 7.99. The van der Waals surface area contributed by atoms with Crippen molar-refractivity contribution in [2.75, 3.05) is 13.1 Å². The Hall–Kier alpha value is -2.95. The summed E-state index contributed by atoms with van der Waals surface area (Å²) in [4.78, 5) is 7.77. The van der Waals surface area contributed by atoms with E-state index >= 15 is 0 Å². The molecule has 0 bridgehead atoms. The molecule has 3 N–H and O–H groups in total. The number of rotatable bonds is 7. The Morgan fingerprint density at radius 1 is 1.16 bits per heavy atom. The van der Waals surface area contributed by atoms with Crippen LogP contribution in [-0.4, -0.2) is 38.8 Å². The maximum absolute atomic E-state index is 13.4. The van der Waals surface area contributed by atoms with Crippen LogP contribution in [0, 0.1) is 5.82 Å². The van der Waals surface area contributed by atoms with Gasteiger partial charge in [-0.3, -0.25) is 4.57 Å². The molecule has 7 nitrogen and oxygen atoms in total. The van der Waals surface area contributed by atoms with Gasteiger partial charge in [0.1, 0.15) is 18.7 Å². The maximum atomic E-state index is 13.4. The minimum Gasteiger partial charge on any atom is -0.361 e. The average Bonchev–Trinajstić information content (AvgIpc) is 3.39. The van der Waals surface area contributed by atoms with Crippen LogP contribution in [-0.2, 0) is 13.0 Å². The van der Waals surface area contributed by atoms with Gasteiger partial charge in [0.25, 0.3) is 0 Å². The van der Waals surface area contributed by atoms with Crippen molar-refractivity contribution in [1.29, 1.82) is 0 Å². The van der Waals surface area contributed by atoms with Gasteiger partial charge in [0.15, 0.2) is 11.8 Å². The average molecular weight is 533 g/mol. The van der Waals surface area contributed by atoms with Gasteiger partial charge in [-0.2, -0.15) is 0 Å². The van der Waals surface area contributed by atoms with E-state index in [1.54, 1.807) is 6.33 Å². The van der Waals surface area contributed by atoms with Gasteiger partial charge in [-0.05, 0) is 49.2 Å². The van der Waals surface area contributed by atoms with Crippen LogP contribution in [0.2, 0.25) is 0 Å². The third-order valence-electron chi connectivity index (χ3n) is 4.79. The number of para-hydroxylation sites is 1. The van der Waals surface area contributed by atoms with E-state index in [1.165, 1.54) is 12.1 Å². The molecule has 0 spiro atoms. The van der Waals surface area contributed by atoms with Crippen LogP contribution in [0.25, 0.3) is 16.6 Å². The lowest BCUT2D eigenvalue weighted by Crippen LogP contribution is -2.38. The second-order valence-electron chi connectivity index (χ2n) is 6.83. The molecule has 0 aliphatic heterocycles. The van der Waals surface area contributed by atoms with Crippen molar-refractivity contribution in [3.05, 3.63) is 78.3 Å². The van der Waals surface area contributed by atoms with Crippen LogP contribution in [0.5, 0.6) is 0 Å². The zero-order valence-corrected chi connectivity index (χ0v) is 19.5. The van der Waals surface area contributed by atoms with Crippen LogP contribution in [0.4, 0.5) is 4.39 Å². The normalized spacial score (nSPS) is 11.4. The number of H-pyrrole nitrogens is 1. The van der Waals surface area contributed by atoms with Crippen molar-refractivity contribution in [1.82, 2.24) is 30.4 Å². The van der Waals surface area contributed by atoms with Crippen molar-refractivity contribution < 1.29 is 4.39 Å². The zero-order valence-electron chi connectivity index (χ0n) is 17.2. The van der Waals surface area contributed by atoms with Crippen molar-refractivity contribution in [2.45, 2.75) is 19.9 Å². The van der Waals surface area contributed by atoms with Gasteiger partial charge in [-0.25, -0.2) is 9.38 Å². The van der Waals surface area contributed by atoms with Crippen molar-refractivity contribution in [3.63, 3.8) is 0 Å². The van der Waals surface area contributed by atoms with Gasteiger partial charge >= 0.3 is 0 Å². The monoisotopic (exact) mass is 533 g/mol. The van der Waals surface area contributed by atoms with E-state index in [0.717, 1.165) is 40.9 Å². The first-order chi connectivity index (χ1) is 14.7. The number of nitrogens with one attached hydrogen (secondary N) is 3. The number of nitrogens with zero attached hydrogens (tertiary/aromatic N) is 4. The van der Waals surface area contributed by atoms with E-state index in [9.17, 15) is 4.39 Å². The van der Waals surface area contributed by atoms with E-state index < -0.39 is 0 Å². The highest BCUT2D eigenvalue weighted by atomic mass is 127. The molecule has 162 valence electrons. The highest BCUT2D eigenvalue weighted by molar-refractivity contribution is 14.0. The van der Waals surface area contributed by atoms with Gasteiger partial charge in [-0.15, -0.1) is 34.2 Å². The topological polar surface area (TPSA) is 82.9 Å². The van der Waals surface area contributed by atoms with Crippen molar-refractivity contribution in [2.24, 2.45) is 4.99 Å². The first-order valence-corrected chi connectivity index (χ1v) is 9.96. The van der Waals surface area contributed by atoms with Gasteiger partial charge in [-0.1, -0.05) is 18.2 Å². The largest absolute Gasteiger partial charge is 0.361 e. The predicted molar refractivity (Wildman–Crippen MR) is 132 cm³/mol. The molecule has 0 amide bonds. The Bertz CT molecular complexity index is 1140. The van der Waals surface area contributed by atoms with Crippen LogP contribution in [0.15, 0.2) is 66.0 Å². The molecule has 0 saturated carbocycles. The minimum atomic E-state index is -0.237. The fraction of sp³-hybridized carbons (Fsp3) is 0.227. The standard InChI is InChI=1S/C22H24FN7.HI/c1-2-24-22(25-11-10-16-13-26-20-12-17(23)8-9-19(16)20)27-14-21-29-28-15-30(21)18-6-4-3-5-7-18;/h3-9,12-13,15,26H,2,10-11,14H2,1H3,(H2,24,25,27);1H. The van der Waals surface area contributed by atoms with Gasteiger partial charge < -0.3 is 15.6 Å². The molecule has 0 atom stereocenters. The van der Waals surface area contributed by atoms with Crippen molar-refractivity contribution in [3.8, 4) is 5.69 Å². The number of fused-ring (bicyclic) bond motifs is 1. The SMILES string of the molecule is CCNC(=NCc1nncn1-c1ccccc1)NCCc1c[nH]c2cc(F)ccc12.I. The third-order valence-corrected chi connectivity index (χ3v) is 4.79. The lowest BCUT2D eigenvalue weighted by atomic mass is 10.1. The molecule has 2 aromatic heterocycles. The third kappa shape index (κ3) is 5.60. The second-order valence-corrected chi connectivity index (χ2v) is 6.83. The molecular formula is C22H25FIN7. The number of aromatic amines is 1.